The number of halogens is 3. The van der Waals surface area contributed by atoms with Gasteiger partial charge in [-0.15, -0.1) is 0 Å². The maximum Gasteiger partial charge on any atom is 0.416 e. The number of carbonyl (C=O) groups is 2. The van der Waals surface area contributed by atoms with Gasteiger partial charge in [0.1, 0.15) is 5.03 Å². The van der Waals surface area contributed by atoms with Crippen molar-refractivity contribution < 1.29 is 27.9 Å². The molecule has 0 aliphatic carbocycles. The number of alkyl halides is 3. The van der Waals surface area contributed by atoms with Gasteiger partial charge in [0.25, 0.3) is 0 Å². The van der Waals surface area contributed by atoms with Crippen LogP contribution in [0.2, 0.25) is 0 Å². The molecule has 5 nitrogen and oxygen atoms in total. The zero-order valence-electron chi connectivity index (χ0n) is 12.0. The van der Waals surface area contributed by atoms with E-state index < -0.39 is 23.6 Å². The molecule has 1 aromatic carbocycles. The van der Waals surface area contributed by atoms with E-state index in [9.17, 15) is 22.8 Å². The fraction of sp³-hybridized carbons (Fsp3) is 0.133. The van der Waals surface area contributed by atoms with Gasteiger partial charge in [0.15, 0.2) is 0 Å². The molecule has 0 fully saturated rings. The van der Waals surface area contributed by atoms with E-state index in [4.69, 9.17) is 5.11 Å². The number of rotatable bonds is 5. The fourth-order valence-corrected chi connectivity index (χ4v) is 2.56. The van der Waals surface area contributed by atoms with Gasteiger partial charge in [-0.05, 0) is 30.3 Å². The predicted molar refractivity (Wildman–Crippen MR) is 82.0 cm³/mol. The number of hydrogen-bond donors (Lipinski definition) is 2. The van der Waals surface area contributed by atoms with Gasteiger partial charge in [-0.1, -0.05) is 17.8 Å². The van der Waals surface area contributed by atoms with Crippen LogP contribution in [0.1, 0.15) is 15.9 Å². The number of amides is 1. The number of nitrogens with zero attached hydrogens (tertiary/aromatic N) is 1. The van der Waals surface area contributed by atoms with Crippen LogP contribution in [0.4, 0.5) is 18.9 Å². The molecule has 126 valence electrons. The highest BCUT2D eigenvalue weighted by Gasteiger charge is 2.30. The lowest BCUT2D eigenvalue weighted by Gasteiger charge is -2.10. The van der Waals surface area contributed by atoms with Crippen LogP contribution in [-0.4, -0.2) is 27.7 Å². The van der Waals surface area contributed by atoms with E-state index in [1.165, 1.54) is 30.5 Å². The maximum atomic E-state index is 12.6. The average molecular weight is 356 g/mol. The number of carboxylic acid groups (broad SMARTS) is 1. The van der Waals surface area contributed by atoms with E-state index in [1.807, 2.05) is 0 Å². The van der Waals surface area contributed by atoms with E-state index in [0.717, 1.165) is 23.9 Å². The Morgan fingerprint density at radius 1 is 1.21 bits per heavy atom. The molecule has 2 aromatic rings. The minimum Gasteiger partial charge on any atom is -0.478 e. The maximum absolute atomic E-state index is 12.6. The van der Waals surface area contributed by atoms with Gasteiger partial charge in [0.05, 0.1) is 16.9 Å². The quantitative estimate of drug-likeness (QED) is 0.801. The van der Waals surface area contributed by atoms with E-state index in [-0.39, 0.29) is 22.0 Å². The Bertz CT molecular complexity index is 766. The first-order valence-corrected chi connectivity index (χ1v) is 7.54. The number of aromatic carboxylic acids is 1. The van der Waals surface area contributed by atoms with Crippen molar-refractivity contribution in [3.63, 3.8) is 0 Å². The average Bonchev–Trinajstić information content (AvgIpc) is 2.52. The summed E-state index contributed by atoms with van der Waals surface area (Å²) in [6.07, 6.45) is -3.11. The Kier molecular flexibility index (Phi) is 5.45. The normalized spacial score (nSPS) is 11.1. The first-order valence-electron chi connectivity index (χ1n) is 6.55. The van der Waals surface area contributed by atoms with E-state index in [1.54, 1.807) is 0 Å². The number of thioether (sulfide) groups is 1. The lowest BCUT2D eigenvalue weighted by Crippen LogP contribution is -2.15. The third kappa shape index (κ3) is 4.72. The van der Waals surface area contributed by atoms with Crippen molar-refractivity contribution in [3.8, 4) is 0 Å². The molecule has 0 aliphatic heterocycles. The van der Waals surface area contributed by atoms with Crippen LogP contribution in [0.3, 0.4) is 0 Å². The van der Waals surface area contributed by atoms with Crippen LogP contribution in [0, 0.1) is 0 Å². The van der Waals surface area contributed by atoms with Crippen molar-refractivity contribution >= 4 is 29.3 Å². The highest BCUT2D eigenvalue weighted by molar-refractivity contribution is 8.00. The van der Waals surface area contributed by atoms with Crippen LogP contribution in [0.5, 0.6) is 0 Å². The van der Waals surface area contributed by atoms with Crippen LogP contribution >= 0.6 is 11.8 Å². The Balaban J connectivity index is 2.01. The van der Waals surface area contributed by atoms with Gasteiger partial charge in [-0.3, -0.25) is 4.79 Å². The zero-order chi connectivity index (χ0) is 17.7. The number of carboxylic acids is 1. The summed E-state index contributed by atoms with van der Waals surface area (Å²) in [6, 6.07) is 7.05. The number of anilines is 1. The monoisotopic (exact) mass is 356 g/mol. The second-order valence-corrected chi connectivity index (χ2v) is 5.54. The highest BCUT2D eigenvalue weighted by atomic mass is 32.2. The molecule has 1 aromatic heterocycles. The molecule has 0 saturated heterocycles. The van der Waals surface area contributed by atoms with Crippen LogP contribution in [0.25, 0.3) is 0 Å². The Morgan fingerprint density at radius 2 is 1.96 bits per heavy atom. The molecular weight excluding hydrogens is 345 g/mol. The summed E-state index contributed by atoms with van der Waals surface area (Å²) in [5, 5.41) is 11.5. The highest BCUT2D eigenvalue weighted by Crippen LogP contribution is 2.30. The molecule has 0 radical (unpaired) electrons. The van der Waals surface area contributed by atoms with Crippen molar-refractivity contribution in [2.75, 3.05) is 11.1 Å². The topological polar surface area (TPSA) is 79.3 Å². The van der Waals surface area contributed by atoms with E-state index in [2.05, 4.69) is 10.3 Å². The lowest BCUT2D eigenvalue weighted by molar-refractivity contribution is -0.137. The number of pyridine rings is 1. The summed E-state index contributed by atoms with van der Waals surface area (Å²) >= 11 is 0.886. The SMILES string of the molecule is O=C(CSc1ncccc1C(=O)O)Nc1cccc(C(F)(F)F)c1. The minimum atomic E-state index is -4.50. The first kappa shape index (κ1) is 17.8. The van der Waals surface area contributed by atoms with Crippen molar-refractivity contribution in [2.45, 2.75) is 11.2 Å². The summed E-state index contributed by atoms with van der Waals surface area (Å²) in [4.78, 5) is 26.7. The van der Waals surface area contributed by atoms with Crippen LogP contribution < -0.4 is 5.32 Å². The van der Waals surface area contributed by atoms with E-state index in [0.29, 0.717) is 0 Å². The Labute approximate surface area is 138 Å². The number of hydrogen-bond acceptors (Lipinski definition) is 4. The number of nitrogens with one attached hydrogen (secondary N) is 1. The van der Waals surface area contributed by atoms with Crippen molar-refractivity contribution in [2.24, 2.45) is 0 Å². The smallest absolute Gasteiger partial charge is 0.416 e. The molecule has 2 rings (SSSR count). The molecule has 0 aliphatic rings. The van der Waals surface area contributed by atoms with Crippen molar-refractivity contribution in [1.29, 1.82) is 0 Å². The van der Waals surface area contributed by atoms with Gasteiger partial charge >= 0.3 is 12.1 Å². The number of aromatic nitrogens is 1. The molecule has 1 heterocycles. The van der Waals surface area contributed by atoms with Crippen molar-refractivity contribution in [1.82, 2.24) is 4.98 Å². The van der Waals surface area contributed by atoms with E-state index >= 15 is 0 Å². The van der Waals surface area contributed by atoms with Gasteiger partial charge in [0.2, 0.25) is 5.91 Å². The molecule has 0 unspecified atom stereocenters. The minimum absolute atomic E-state index is 0.00917. The third-order valence-corrected chi connectivity index (χ3v) is 3.82. The van der Waals surface area contributed by atoms with Gasteiger partial charge in [0, 0.05) is 11.9 Å². The van der Waals surface area contributed by atoms with Gasteiger partial charge < -0.3 is 10.4 Å². The Hall–Kier alpha value is -2.55. The second-order valence-electron chi connectivity index (χ2n) is 4.58. The molecule has 1 amide bonds. The summed E-state index contributed by atoms with van der Waals surface area (Å²) in [5.74, 6) is -1.93. The summed E-state index contributed by atoms with van der Waals surface area (Å²) in [5.41, 5.74) is -0.907. The molecule has 9 heteroatoms. The fourth-order valence-electron chi connectivity index (χ4n) is 1.77. The molecule has 2 N–H and O–H groups in total. The largest absolute Gasteiger partial charge is 0.478 e. The first-order chi connectivity index (χ1) is 11.3. The third-order valence-electron chi connectivity index (χ3n) is 2.82. The molecule has 0 atom stereocenters. The molecule has 0 saturated carbocycles. The standard InChI is InChI=1S/C15H11F3N2O3S/c16-15(17,18)9-3-1-4-10(7-9)20-12(21)8-24-13-11(14(22)23)5-2-6-19-13/h1-7H,8H2,(H,20,21)(H,22,23). The zero-order valence-corrected chi connectivity index (χ0v) is 12.8. The van der Waals surface area contributed by atoms with Crippen LogP contribution in [0.15, 0.2) is 47.6 Å². The summed E-state index contributed by atoms with van der Waals surface area (Å²) in [6.45, 7) is 0. The van der Waals surface area contributed by atoms with Crippen LogP contribution in [-0.2, 0) is 11.0 Å². The molecule has 24 heavy (non-hydrogen) atoms. The van der Waals surface area contributed by atoms with Gasteiger partial charge in [-0.2, -0.15) is 13.2 Å². The second kappa shape index (κ2) is 7.35. The molecule has 0 spiro atoms. The lowest BCUT2D eigenvalue weighted by atomic mass is 10.2. The number of carbonyl (C=O) groups excluding carboxylic acids is 1. The van der Waals surface area contributed by atoms with Gasteiger partial charge in [-0.25, -0.2) is 9.78 Å². The Morgan fingerprint density at radius 3 is 2.62 bits per heavy atom. The predicted octanol–water partition coefficient (Wildman–Crippen LogP) is 3.53. The molecular formula is C15H11F3N2O3S. The number of benzene rings is 1. The van der Waals surface area contributed by atoms with Crippen molar-refractivity contribution in [3.05, 3.63) is 53.7 Å². The summed E-state index contributed by atoms with van der Waals surface area (Å²) < 4.78 is 37.8. The summed E-state index contributed by atoms with van der Waals surface area (Å²) in [7, 11) is 0. The molecule has 0 bridgehead atoms.